The second-order valence-electron chi connectivity index (χ2n) is 4.91. The molecule has 0 saturated carbocycles. The Bertz CT molecular complexity index is 710. The highest BCUT2D eigenvalue weighted by molar-refractivity contribution is 5.93. The first-order valence-corrected chi connectivity index (χ1v) is 7.13. The van der Waals surface area contributed by atoms with Gasteiger partial charge in [0, 0.05) is 5.69 Å². The zero-order valence-corrected chi connectivity index (χ0v) is 12.9. The monoisotopic (exact) mass is 331 g/mol. The Morgan fingerprint density at radius 1 is 1.21 bits per heavy atom. The summed E-state index contributed by atoms with van der Waals surface area (Å²) >= 11 is 0. The number of carbonyl (C=O) groups excluding carboxylic acids is 3. The Balaban J connectivity index is 1.86. The predicted octanol–water partition coefficient (Wildman–Crippen LogP) is 1.63. The van der Waals surface area contributed by atoms with Gasteiger partial charge in [0.2, 0.25) is 0 Å². The summed E-state index contributed by atoms with van der Waals surface area (Å²) in [5, 5.41) is 4.97. The Kier molecular flexibility index (Phi) is 5.56. The van der Waals surface area contributed by atoms with E-state index in [1.54, 1.807) is 12.1 Å². The summed E-state index contributed by atoms with van der Waals surface area (Å²) in [6, 6.07) is 8.65. The summed E-state index contributed by atoms with van der Waals surface area (Å²) in [5.41, 5.74) is 5.69. The van der Waals surface area contributed by atoms with Crippen LogP contribution in [0.2, 0.25) is 0 Å². The lowest BCUT2D eigenvalue weighted by Crippen LogP contribution is -2.35. The highest BCUT2D eigenvalue weighted by Crippen LogP contribution is 2.11. The minimum Gasteiger partial charge on any atom is -0.467 e. The third-order valence-electron chi connectivity index (χ3n) is 3.06. The molecule has 126 valence electrons. The lowest BCUT2D eigenvalue weighted by atomic mass is 10.2. The number of hydrogen-bond acceptors (Lipinski definition) is 5. The van der Waals surface area contributed by atoms with Crippen LogP contribution in [0.15, 0.2) is 47.1 Å². The van der Waals surface area contributed by atoms with E-state index < -0.39 is 24.0 Å². The van der Waals surface area contributed by atoms with E-state index in [0.717, 1.165) is 0 Å². The van der Waals surface area contributed by atoms with Crippen molar-refractivity contribution in [3.8, 4) is 0 Å². The van der Waals surface area contributed by atoms with Crippen LogP contribution in [0.1, 0.15) is 23.0 Å². The molecule has 0 aliphatic heterocycles. The molecule has 8 nitrogen and oxygen atoms in total. The molecule has 0 bridgehead atoms. The SMILES string of the molecule is CC(OC(=O)c1ccc(NC(N)=O)cc1)C(=O)NCc1ccco1. The van der Waals surface area contributed by atoms with Gasteiger partial charge in [0.15, 0.2) is 6.10 Å². The third-order valence-corrected chi connectivity index (χ3v) is 3.06. The average Bonchev–Trinajstić information content (AvgIpc) is 3.06. The number of carbonyl (C=O) groups is 3. The smallest absolute Gasteiger partial charge is 0.338 e. The Morgan fingerprint density at radius 2 is 1.92 bits per heavy atom. The maximum Gasteiger partial charge on any atom is 0.338 e. The second kappa shape index (κ2) is 7.82. The molecular weight excluding hydrogens is 314 g/mol. The molecule has 3 amide bonds. The van der Waals surface area contributed by atoms with Crippen molar-refractivity contribution in [3.05, 3.63) is 54.0 Å². The van der Waals surface area contributed by atoms with Crippen LogP contribution in [0, 0.1) is 0 Å². The molecule has 4 N–H and O–H groups in total. The minimum absolute atomic E-state index is 0.210. The number of nitrogens with one attached hydrogen (secondary N) is 2. The van der Waals surface area contributed by atoms with E-state index in [4.69, 9.17) is 14.9 Å². The fourth-order valence-corrected chi connectivity index (χ4v) is 1.85. The maximum atomic E-state index is 12.0. The lowest BCUT2D eigenvalue weighted by molar-refractivity contribution is -0.129. The minimum atomic E-state index is -0.962. The zero-order chi connectivity index (χ0) is 17.5. The maximum absolute atomic E-state index is 12.0. The first kappa shape index (κ1) is 17.1. The van der Waals surface area contributed by atoms with Gasteiger partial charge in [0.25, 0.3) is 5.91 Å². The van der Waals surface area contributed by atoms with Gasteiger partial charge in [0.05, 0.1) is 18.4 Å². The first-order valence-electron chi connectivity index (χ1n) is 7.13. The van der Waals surface area contributed by atoms with Crippen LogP contribution in [0.3, 0.4) is 0 Å². The van der Waals surface area contributed by atoms with Gasteiger partial charge < -0.3 is 25.5 Å². The molecule has 24 heavy (non-hydrogen) atoms. The zero-order valence-electron chi connectivity index (χ0n) is 12.9. The molecule has 0 fully saturated rings. The van der Waals surface area contributed by atoms with Crippen LogP contribution in [-0.4, -0.2) is 24.0 Å². The molecule has 0 saturated heterocycles. The van der Waals surface area contributed by atoms with Gasteiger partial charge >= 0.3 is 12.0 Å². The molecule has 2 rings (SSSR count). The van der Waals surface area contributed by atoms with E-state index in [-0.39, 0.29) is 12.1 Å². The van der Waals surface area contributed by atoms with Crippen molar-refractivity contribution in [2.24, 2.45) is 5.73 Å². The lowest BCUT2D eigenvalue weighted by Gasteiger charge is -2.13. The number of esters is 1. The summed E-state index contributed by atoms with van der Waals surface area (Å²) in [4.78, 5) is 34.6. The summed E-state index contributed by atoms with van der Waals surface area (Å²) < 4.78 is 10.2. The standard InChI is InChI=1S/C16H17N3O5/c1-10(14(20)18-9-13-3-2-8-23-13)24-15(21)11-4-6-12(7-5-11)19-16(17)22/h2-8,10H,9H2,1H3,(H,18,20)(H3,17,19,22). The predicted molar refractivity (Wildman–Crippen MR) is 85.1 cm³/mol. The van der Waals surface area contributed by atoms with E-state index in [2.05, 4.69) is 10.6 Å². The first-order chi connectivity index (χ1) is 11.5. The fraction of sp³-hybridized carbons (Fsp3) is 0.188. The quantitative estimate of drug-likeness (QED) is 0.694. The molecule has 1 aromatic heterocycles. The summed E-state index contributed by atoms with van der Waals surface area (Å²) in [5.74, 6) is -0.493. The van der Waals surface area contributed by atoms with E-state index >= 15 is 0 Å². The number of furan rings is 1. The number of anilines is 1. The molecule has 0 aliphatic carbocycles. The van der Waals surface area contributed by atoms with Gasteiger partial charge in [-0.05, 0) is 43.3 Å². The molecule has 0 radical (unpaired) electrons. The molecular formula is C16H17N3O5. The number of ether oxygens (including phenoxy) is 1. The van der Waals surface area contributed by atoms with Gasteiger partial charge in [-0.3, -0.25) is 4.79 Å². The highest BCUT2D eigenvalue weighted by atomic mass is 16.5. The number of benzene rings is 1. The molecule has 1 heterocycles. The number of nitrogens with two attached hydrogens (primary N) is 1. The molecule has 1 aromatic carbocycles. The second-order valence-corrected chi connectivity index (χ2v) is 4.91. The average molecular weight is 331 g/mol. The van der Waals surface area contributed by atoms with Crippen LogP contribution in [0.4, 0.5) is 10.5 Å². The summed E-state index contributed by atoms with van der Waals surface area (Å²) in [6.45, 7) is 1.68. The summed E-state index contributed by atoms with van der Waals surface area (Å²) in [6.07, 6.45) is 0.540. The molecule has 2 aromatic rings. The van der Waals surface area contributed by atoms with Gasteiger partial charge in [-0.15, -0.1) is 0 Å². The van der Waals surface area contributed by atoms with Gasteiger partial charge in [-0.25, -0.2) is 9.59 Å². The largest absolute Gasteiger partial charge is 0.467 e. The normalized spacial score (nSPS) is 11.4. The number of amides is 3. The molecule has 8 heteroatoms. The number of urea groups is 1. The van der Waals surface area contributed by atoms with Crippen molar-refractivity contribution in [1.29, 1.82) is 0 Å². The van der Waals surface area contributed by atoms with Crippen LogP contribution < -0.4 is 16.4 Å². The molecule has 1 atom stereocenters. The van der Waals surface area contributed by atoms with Crippen molar-refractivity contribution in [3.63, 3.8) is 0 Å². The van der Waals surface area contributed by atoms with E-state index in [0.29, 0.717) is 11.4 Å². The van der Waals surface area contributed by atoms with Crippen LogP contribution in [0.5, 0.6) is 0 Å². The van der Waals surface area contributed by atoms with Crippen LogP contribution >= 0.6 is 0 Å². The Labute approximate surface area is 138 Å². The fourth-order valence-electron chi connectivity index (χ4n) is 1.85. The third kappa shape index (κ3) is 4.87. The van der Waals surface area contributed by atoms with Crippen molar-refractivity contribution in [2.45, 2.75) is 19.6 Å². The molecule has 0 aliphatic rings. The van der Waals surface area contributed by atoms with Crippen molar-refractivity contribution >= 4 is 23.6 Å². The summed E-state index contributed by atoms with van der Waals surface area (Å²) in [7, 11) is 0. The van der Waals surface area contributed by atoms with E-state index in [9.17, 15) is 14.4 Å². The van der Waals surface area contributed by atoms with Gasteiger partial charge in [0.1, 0.15) is 5.76 Å². The van der Waals surface area contributed by atoms with Crippen LogP contribution in [0.25, 0.3) is 0 Å². The van der Waals surface area contributed by atoms with Gasteiger partial charge in [-0.1, -0.05) is 0 Å². The number of hydrogen-bond donors (Lipinski definition) is 3. The highest BCUT2D eigenvalue weighted by Gasteiger charge is 2.19. The molecule has 1 unspecified atom stereocenters. The number of rotatable bonds is 6. The Hall–Kier alpha value is -3.29. The van der Waals surface area contributed by atoms with Crippen molar-refractivity contribution < 1.29 is 23.5 Å². The van der Waals surface area contributed by atoms with Gasteiger partial charge in [-0.2, -0.15) is 0 Å². The van der Waals surface area contributed by atoms with Crippen LogP contribution in [-0.2, 0) is 16.1 Å². The number of primary amides is 1. The van der Waals surface area contributed by atoms with E-state index in [1.807, 2.05) is 0 Å². The Morgan fingerprint density at radius 3 is 2.50 bits per heavy atom. The van der Waals surface area contributed by atoms with E-state index in [1.165, 1.54) is 37.5 Å². The van der Waals surface area contributed by atoms with Crippen molar-refractivity contribution in [2.75, 3.05) is 5.32 Å². The molecule has 0 spiro atoms. The topological polar surface area (TPSA) is 124 Å². The van der Waals surface area contributed by atoms with Crippen molar-refractivity contribution in [1.82, 2.24) is 5.32 Å².